The van der Waals surface area contributed by atoms with E-state index in [-0.39, 0.29) is 12.5 Å². The molecule has 0 atom stereocenters. The first-order chi connectivity index (χ1) is 9.71. The van der Waals surface area contributed by atoms with Crippen LogP contribution in [0, 0.1) is 0 Å². The molecule has 0 unspecified atom stereocenters. The van der Waals surface area contributed by atoms with E-state index in [1.165, 1.54) is 0 Å². The molecule has 0 saturated heterocycles. The minimum absolute atomic E-state index is 0.0680. The number of carbonyl (C=O) groups is 1. The number of amides is 1. The van der Waals surface area contributed by atoms with Gasteiger partial charge in [0.2, 0.25) is 5.91 Å². The molecule has 0 fully saturated rings. The second-order valence-electron chi connectivity index (χ2n) is 4.68. The lowest BCUT2D eigenvalue weighted by molar-refractivity contribution is -0.120. The molecule has 0 bridgehead atoms. The van der Waals surface area contributed by atoms with E-state index in [0.717, 1.165) is 18.5 Å². The molecule has 0 saturated carbocycles. The Morgan fingerprint density at radius 3 is 2.85 bits per heavy atom. The Morgan fingerprint density at radius 1 is 1.45 bits per heavy atom. The summed E-state index contributed by atoms with van der Waals surface area (Å²) in [4.78, 5) is 11.6. The number of methoxy groups -OCH3 is 1. The molecule has 1 aromatic rings. The van der Waals surface area contributed by atoms with Gasteiger partial charge in [-0.15, -0.1) is 0 Å². The van der Waals surface area contributed by atoms with E-state index in [9.17, 15) is 4.79 Å². The average molecular weight is 283 g/mol. The molecule has 0 aliphatic rings. The zero-order valence-corrected chi connectivity index (χ0v) is 12.6. The van der Waals surface area contributed by atoms with Gasteiger partial charge in [0.25, 0.3) is 0 Å². The van der Waals surface area contributed by atoms with E-state index in [1.54, 1.807) is 7.11 Å². The quantitative estimate of drug-likeness (QED) is 0.635. The maximum absolute atomic E-state index is 11.6. The van der Waals surface area contributed by atoms with Gasteiger partial charge >= 0.3 is 0 Å². The Bertz CT molecular complexity index is 389. The van der Waals surface area contributed by atoms with Crippen LogP contribution in [0.1, 0.15) is 44.1 Å². The molecule has 0 spiro atoms. The van der Waals surface area contributed by atoms with Crippen LogP contribution in [0.2, 0.25) is 0 Å². The highest BCUT2D eigenvalue weighted by Crippen LogP contribution is 2.22. The van der Waals surface area contributed by atoms with Gasteiger partial charge in [-0.3, -0.25) is 4.79 Å². The van der Waals surface area contributed by atoms with Crippen molar-refractivity contribution in [2.75, 3.05) is 26.8 Å². The normalized spacial score (nSPS) is 11.0. The molecule has 114 valence electrons. The van der Waals surface area contributed by atoms with Crippen LogP contribution in [0.3, 0.4) is 0 Å². The molecule has 0 aromatic carbocycles. The number of nitrogens with zero attached hydrogens (tertiary/aromatic N) is 1. The van der Waals surface area contributed by atoms with Crippen LogP contribution in [0.5, 0.6) is 0 Å². The van der Waals surface area contributed by atoms with Crippen LogP contribution in [-0.2, 0) is 16.1 Å². The SMILES string of the molecule is CCC(CC)c1cc(CNC(=O)CNCCOC)on1. The third kappa shape index (κ3) is 5.71. The first kappa shape index (κ1) is 16.7. The largest absolute Gasteiger partial charge is 0.383 e. The summed E-state index contributed by atoms with van der Waals surface area (Å²) in [6, 6.07) is 1.93. The lowest BCUT2D eigenvalue weighted by atomic mass is 9.99. The molecule has 0 radical (unpaired) electrons. The summed E-state index contributed by atoms with van der Waals surface area (Å²) < 4.78 is 10.1. The Balaban J connectivity index is 2.29. The first-order valence-corrected chi connectivity index (χ1v) is 7.13. The maximum atomic E-state index is 11.6. The molecule has 20 heavy (non-hydrogen) atoms. The predicted molar refractivity (Wildman–Crippen MR) is 76.4 cm³/mol. The average Bonchev–Trinajstić information content (AvgIpc) is 2.92. The molecule has 1 heterocycles. The Morgan fingerprint density at radius 2 is 2.20 bits per heavy atom. The highest BCUT2D eigenvalue weighted by Gasteiger charge is 2.13. The van der Waals surface area contributed by atoms with Crippen molar-refractivity contribution in [1.29, 1.82) is 0 Å². The number of aromatic nitrogens is 1. The second kappa shape index (κ2) is 9.50. The maximum Gasteiger partial charge on any atom is 0.234 e. The van der Waals surface area contributed by atoms with Gasteiger partial charge in [0.15, 0.2) is 5.76 Å². The topological polar surface area (TPSA) is 76.4 Å². The fourth-order valence-corrected chi connectivity index (χ4v) is 1.94. The van der Waals surface area contributed by atoms with Crippen molar-refractivity contribution in [3.05, 3.63) is 17.5 Å². The summed E-state index contributed by atoms with van der Waals surface area (Å²) in [5, 5.41) is 9.83. The van der Waals surface area contributed by atoms with Gasteiger partial charge in [-0.2, -0.15) is 0 Å². The van der Waals surface area contributed by atoms with Crippen LogP contribution in [0.15, 0.2) is 10.6 Å². The van der Waals surface area contributed by atoms with E-state index in [2.05, 4.69) is 29.6 Å². The summed E-state index contributed by atoms with van der Waals surface area (Å²) in [6.45, 7) is 6.17. The Labute approximate surface area is 120 Å². The summed E-state index contributed by atoms with van der Waals surface area (Å²) in [5.74, 6) is 1.05. The first-order valence-electron chi connectivity index (χ1n) is 7.13. The summed E-state index contributed by atoms with van der Waals surface area (Å²) >= 11 is 0. The van der Waals surface area contributed by atoms with E-state index in [1.807, 2.05) is 6.07 Å². The Hall–Kier alpha value is -1.40. The highest BCUT2D eigenvalue weighted by molar-refractivity contribution is 5.77. The molecule has 1 rings (SSSR count). The smallest absolute Gasteiger partial charge is 0.234 e. The number of ether oxygens (including phenoxy) is 1. The molecule has 0 aliphatic heterocycles. The number of nitrogens with one attached hydrogen (secondary N) is 2. The molecule has 6 nitrogen and oxygen atoms in total. The zero-order valence-electron chi connectivity index (χ0n) is 12.6. The molecule has 0 aliphatic carbocycles. The number of hydrogen-bond acceptors (Lipinski definition) is 5. The van der Waals surface area contributed by atoms with Gasteiger partial charge in [-0.25, -0.2) is 0 Å². The monoisotopic (exact) mass is 283 g/mol. The van der Waals surface area contributed by atoms with Crippen LogP contribution in [0.25, 0.3) is 0 Å². The number of rotatable bonds is 10. The lowest BCUT2D eigenvalue weighted by Crippen LogP contribution is -2.34. The van der Waals surface area contributed by atoms with Gasteiger partial charge in [0.1, 0.15) is 0 Å². The molecule has 1 amide bonds. The lowest BCUT2D eigenvalue weighted by Gasteiger charge is -2.06. The van der Waals surface area contributed by atoms with Crippen molar-refractivity contribution in [3.63, 3.8) is 0 Å². The summed E-state index contributed by atoms with van der Waals surface area (Å²) in [6.07, 6.45) is 2.08. The van der Waals surface area contributed by atoms with E-state index >= 15 is 0 Å². The molecular formula is C14H25N3O3. The van der Waals surface area contributed by atoms with E-state index in [0.29, 0.717) is 31.4 Å². The summed E-state index contributed by atoms with van der Waals surface area (Å²) in [7, 11) is 1.63. The minimum Gasteiger partial charge on any atom is -0.383 e. The van der Waals surface area contributed by atoms with Crippen LogP contribution < -0.4 is 10.6 Å². The predicted octanol–water partition coefficient (Wildman–Crippen LogP) is 1.43. The van der Waals surface area contributed by atoms with Gasteiger partial charge < -0.3 is 19.9 Å². The van der Waals surface area contributed by atoms with Crippen LogP contribution in [0.4, 0.5) is 0 Å². The van der Waals surface area contributed by atoms with Crippen molar-refractivity contribution in [2.24, 2.45) is 0 Å². The molecule has 6 heteroatoms. The van der Waals surface area contributed by atoms with Crippen molar-refractivity contribution < 1.29 is 14.1 Å². The molecule has 2 N–H and O–H groups in total. The van der Waals surface area contributed by atoms with Crippen molar-refractivity contribution in [3.8, 4) is 0 Å². The third-order valence-corrected chi connectivity index (χ3v) is 3.21. The van der Waals surface area contributed by atoms with Gasteiger partial charge in [0.05, 0.1) is 25.4 Å². The van der Waals surface area contributed by atoms with E-state index < -0.39 is 0 Å². The van der Waals surface area contributed by atoms with Crippen molar-refractivity contribution in [2.45, 2.75) is 39.2 Å². The third-order valence-electron chi connectivity index (χ3n) is 3.21. The van der Waals surface area contributed by atoms with Crippen molar-refractivity contribution >= 4 is 5.91 Å². The minimum atomic E-state index is -0.0680. The summed E-state index contributed by atoms with van der Waals surface area (Å²) in [5.41, 5.74) is 0.970. The van der Waals surface area contributed by atoms with E-state index in [4.69, 9.17) is 9.26 Å². The van der Waals surface area contributed by atoms with Crippen LogP contribution >= 0.6 is 0 Å². The number of hydrogen-bond donors (Lipinski definition) is 2. The van der Waals surface area contributed by atoms with Crippen LogP contribution in [-0.4, -0.2) is 37.9 Å². The fraction of sp³-hybridized carbons (Fsp3) is 0.714. The van der Waals surface area contributed by atoms with Crippen molar-refractivity contribution in [1.82, 2.24) is 15.8 Å². The highest BCUT2D eigenvalue weighted by atomic mass is 16.5. The molecule has 1 aromatic heterocycles. The molecular weight excluding hydrogens is 258 g/mol. The second-order valence-corrected chi connectivity index (χ2v) is 4.68. The van der Waals surface area contributed by atoms with Gasteiger partial charge in [0, 0.05) is 25.6 Å². The number of carbonyl (C=O) groups excluding carboxylic acids is 1. The van der Waals surface area contributed by atoms with Gasteiger partial charge in [-0.05, 0) is 12.8 Å². The fourth-order valence-electron chi connectivity index (χ4n) is 1.94. The van der Waals surface area contributed by atoms with Gasteiger partial charge in [-0.1, -0.05) is 19.0 Å². The standard InChI is InChI=1S/C14H25N3O3/c1-4-11(5-2)13-8-12(20-17-13)9-16-14(18)10-15-6-7-19-3/h8,11,15H,4-7,9-10H2,1-3H3,(H,16,18). The Kier molecular flexibility index (Phi) is 7.91. The zero-order chi connectivity index (χ0) is 14.8.